The van der Waals surface area contributed by atoms with Gasteiger partial charge < -0.3 is 4.81 Å². The molecule has 2 heteroatoms. The number of fused-ring (bicyclic) bond motifs is 9. The number of para-hydroxylation sites is 2. The number of hydrogen-bond donors (Lipinski definition) is 0. The Bertz CT molecular complexity index is 3440. The zero-order valence-corrected chi connectivity index (χ0v) is 39.1. The van der Waals surface area contributed by atoms with Crippen LogP contribution in [0.1, 0.15) is 119 Å². The molecule has 0 radical (unpaired) electrons. The summed E-state index contributed by atoms with van der Waals surface area (Å²) < 4.78 is 0. The molecule has 1 nitrogen and oxygen atoms in total. The molecule has 8 saturated carbocycles. The Morgan fingerprint density at radius 1 is 0.559 bits per heavy atom. The number of benzene rings is 7. The molecule has 1 spiro atoms. The first-order valence-electron chi connectivity index (χ1n) is 27.1. The molecule has 0 aromatic heterocycles. The van der Waals surface area contributed by atoms with Crippen LogP contribution >= 0.6 is 0 Å². The minimum Gasteiger partial charge on any atom is -0.376 e. The van der Waals surface area contributed by atoms with E-state index in [0.717, 1.165) is 59.2 Å². The van der Waals surface area contributed by atoms with Crippen LogP contribution in [0, 0.1) is 59.7 Å². The van der Waals surface area contributed by atoms with Gasteiger partial charge in [0.25, 0.3) is 0 Å². The van der Waals surface area contributed by atoms with Gasteiger partial charge in [0.05, 0.1) is 5.41 Å². The van der Waals surface area contributed by atoms with Crippen LogP contribution in [-0.4, -0.2) is 6.85 Å². The van der Waals surface area contributed by atoms with Gasteiger partial charge in [-0.1, -0.05) is 145 Å². The zero-order valence-electron chi connectivity index (χ0n) is 39.1. The van der Waals surface area contributed by atoms with Crippen molar-refractivity contribution < 1.29 is 0 Å². The van der Waals surface area contributed by atoms with Crippen molar-refractivity contribution in [1.82, 2.24) is 0 Å². The molecular formula is C66H56BN. The molecule has 12 aliphatic rings. The highest BCUT2D eigenvalue weighted by molar-refractivity contribution is 6.92. The first kappa shape index (κ1) is 36.4. The SMILES string of the molecule is Cc1cc2c3c(c1)C1Cc4ccc(C56CC7CC8CC(C5)C87C6)cc4-c4cc(C56CC7CC8CC(C5)C6C87)cc(c41)B3N1c3ccccc3C(c3ccccc3)(c3ccccc3)c3cccc-2c31. The Morgan fingerprint density at radius 2 is 1.29 bits per heavy atom. The summed E-state index contributed by atoms with van der Waals surface area (Å²) in [6.07, 6.45) is 14.4. The molecule has 9 unspecified atom stereocenters. The first-order chi connectivity index (χ1) is 33.5. The maximum Gasteiger partial charge on any atom is 0.329 e. The summed E-state index contributed by atoms with van der Waals surface area (Å²) in [5.74, 6) is 8.19. The van der Waals surface area contributed by atoms with Gasteiger partial charge in [0.15, 0.2) is 0 Å². The molecule has 8 fully saturated rings. The summed E-state index contributed by atoms with van der Waals surface area (Å²) in [6, 6.07) is 59.2. The molecule has 0 amide bonds. The topological polar surface area (TPSA) is 3.24 Å². The number of hydrogen-bond acceptors (Lipinski definition) is 1. The highest BCUT2D eigenvalue weighted by Gasteiger charge is 2.78. The number of rotatable bonds is 4. The van der Waals surface area contributed by atoms with Crippen LogP contribution in [0.4, 0.5) is 11.4 Å². The molecule has 9 aliphatic carbocycles. The monoisotopic (exact) mass is 873 g/mol. The number of aryl methyl sites for hydroxylation is 1. The van der Waals surface area contributed by atoms with Crippen LogP contribution in [0.2, 0.25) is 0 Å². The van der Waals surface area contributed by atoms with Gasteiger partial charge in [0.2, 0.25) is 0 Å². The third-order valence-electron chi connectivity index (χ3n) is 23.5. The largest absolute Gasteiger partial charge is 0.376 e. The fourth-order valence-electron chi connectivity index (χ4n) is 21.6. The molecule has 3 aliphatic heterocycles. The average molecular weight is 874 g/mol. The Hall–Kier alpha value is -5.60. The summed E-state index contributed by atoms with van der Waals surface area (Å²) in [7, 11) is 0. The van der Waals surface area contributed by atoms with E-state index < -0.39 is 5.41 Å². The van der Waals surface area contributed by atoms with Gasteiger partial charge in [-0.15, -0.1) is 0 Å². The second kappa shape index (κ2) is 11.5. The van der Waals surface area contributed by atoms with Crippen LogP contribution < -0.4 is 15.7 Å². The molecule has 0 saturated heterocycles. The number of nitrogens with zero attached hydrogens (tertiary/aromatic N) is 1. The molecule has 9 atom stereocenters. The highest BCUT2D eigenvalue weighted by Crippen LogP contribution is 2.85. The van der Waals surface area contributed by atoms with Crippen molar-refractivity contribution in [3.05, 3.63) is 201 Å². The van der Waals surface area contributed by atoms with Crippen molar-refractivity contribution in [3.8, 4) is 22.3 Å². The fraction of sp³-hybridized carbons (Fsp3) is 0.364. The van der Waals surface area contributed by atoms with Crippen molar-refractivity contribution in [3.63, 3.8) is 0 Å². The summed E-state index contributed by atoms with van der Waals surface area (Å²) in [5, 5.41) is 0. The van der Waals surface area contributed by atoms with E-state index in [2.05, 4.69) is 157 Å². The van der Waals surface area contributed by atoms with E-state index in [-0.39, 0.29) is 6.85 Å². The third-order valence-corrected chi connectivity index (χ3v) is 23.5. The second-order valence-corrected chi connectivity index (χ2v) is 25.4. The van der Waals surface area contributed by atoms with Crippen LogP contribution in [-0.2, 0) is 22.7 Å². The van der Waals surface area contributed by atoms with Crippen LogP contribution in [0.3, 0.4) is 0 Å². The summed E-state index contributed by atoms with van der Waals surface area (Å²) in [6.45, 7) is 2.47. The van der Waals surface area contributed by atoms with E-state index in [1.807, 2.05) is 0 Å². The molecule has 7 aromatic rings. The quantitative estimate of drug-likeness (QED) is 0.159. The Morgan fingerprint density at radius 3 is 2.09 bits per heavy atom. The van der Waals surface area contributed by atoms with E-state index in [0.29, 0.717) is 16.7 Å². The second-order valence-electron chi connectivity index (χ2n) is 25.4. The molecule has 0 N–H and O–H groups in total. The van der Waals surface area contributed by atoms with E-state index in [1.165, 1.54) is 108 Å². The van der Waals surface area contributed by atoms with Crippen LogP contribution in [0.5, 0.6) is 0 Å². The van der Waals surface area contributed by atoms with Crippen LogP contribution in [0.25, 0.3) is 22.3 Å². The van der Waals surface area contributed by atoms with Crippen molar-refractivity contribution >= 4 is 29.1 Å². The average Bonchev–Trinajstić information content (AvgIpc) is 3.99. The lowest BCUT2D eigenvalue weighted by molar-refractivity contribution is -0.175. The normalized spacial score (nSPS) is 36.4. The lowest BCUT2D eigenvalue weighted by atomic mass is 9.37. The first-order valence-corrected chi connectivity index (χ1v) is 27.1. The fourth-order valence-corrected chi connectivity index (χ4v) is 21.6. The van der Waals surface area contributed by atoms with E-state index in [9.17, 15) is 0 Å². The van der Waals surface area contributed by atoms with Crippen molar-refractivity contribution in [2.45, 2.75) is 93.3 Å². The highest BCUT2D eigenvalue weighted by atomic mass is 15.1. The van der Waals surface area contributed by atoms with Crippen molar-refractivity contribution in [1.29, 1.82) is 0 Å². The predicted octanol–water partition coefficient (Wildman–Crippen LogP) is 13.3. The molecule has 68 heavy (non-hydrogen) atoms. The van der Waals surface area contributed by atoms with Gasteiger partial charge >= 0.3 is 6.85 Å². The van der Waals surface area contributed by atoms with Gasteiger partial charge in [0.1, 0.15) is 0 Å². The predicted molar refractivity (Wildman–Crippen MR) is 275 cm³/mol. The lowest BCUT2D eigenvalue weighted by Gasteiger charge is -2.66. The molecule has 7 aromatic carbocycles. The number of anilines is 2. The Balaban J connectivity index is 0.901. The van der Waals surface area contributed by atoms with Gasteiger partial charge in [-0.25, -0.2) is 0 Å². The van der Waals surface area contributed by atoms with E-state index in [4.69, 9.17) is 0 Å². The van der Waals surface area contributed by atoms with Gasteiger partial charge in [-0.05, 0) is 218 Å². The van der Waals surface area contributed by atoms with Crippen molar-refractivity contribution in [2.24, 2.45) is 52.8 Å². The van der Waals surface area contributed by atoms with Gasteiger partial charge in [-0.2, -0.15) is 0 Å². The standard InChI is InChI=1S/C66H56BN/c1-36-21-52-48-15-10-17-55-62(48)68(57-18-9-8-16-54(57)66(55,41-11-4-2-5-12-41)42-13-6-3-7-14-42)67-56-30-44(64-31-39-23-38-24-40(32-64)60(64)58(38)39)29-51-49-28-43(63-33-46-26-45-27-47(34-63)65(45,46)35-63)20-19-37(49)25-50(59(51)56)53(22-36)61(52)67/h2-22,28-30,38-40,45-47,50,58,60H,23-27,31-35H2,1H3. The Kier molecular flexibility index (Phi) is 6.17. The minimum absolute atomic E-state index is 0.0851. The third kappa shape index (κ3) is 3.75. The molecular weight excluding hydrogens is 818 g/mol. The maximum absolute atomic E-state index is 2.91. The van der Waals surface area contributed by atoms with E-state index in [1.54, 1.807) is 49.9 Å². The molecule has 19 rings (SSSR count). The Labute approximate surface area is 401 Å². The molecule has 2 bridgehead atoms. The van der Waals surface area contributed by atoms with Crippen LogP contribution in [0.15, 0.2) is 146 Å². The maximum atomic E-state index is 2.91. The van der Waals surface area contributed by atoms with E-state index >= 15 is 0 Å². The molecule has 3 heterocycles. The smallest absolute Gasteiger partial charge is 0.329 e. The lowest BCUT2D eigenvalue weighted by Crippen LogP contribution is -2.64. The van der Waals surface area contributed by atoms with Crippen molar-refractivity contribution in [2.75, 3.05) is 4.81 Å². The summed E-state index contributed by atoms with van der Waals surface area (Å²) in [5.41, 5.74) is 28.2. The molecule has 328 valence electrons. The van der Waals surface area contributed by atoms with Gasteiger partial charge in [-0.3, -0.25) is 0 Å². The summed E-state index contributed by atoms with van der Waals surface area (Å²) >= 11 is 0. The minimum atomic E-state index is -0.487. The summed E-state index contributed by atoms with van der Waals surface area (Å²) in [4.78, 5) is 2.91. The van der Waals surface area contributed by atoms with Gasteiger partial charge in [0, 0.05) is 22.9 Å². The zero-order chi connectivity index (χ0) is 43.8.